The highest BCUT2D eigenvalue weighted by Crippen LogP contribution is 2.14. The van der Waals surface area contributed by atoms with E-state index in [9.17, 15) is 4.79 Å². The molecule has 3 heteroatoms. The minimum atomic E-state index is -0.424. The molecular formula is C13H19NO2. The summed E-state index contributed by atoms with van der Waals surface area (Å²) in [6, 6.07) is 9.84. The number of carbonyl (C=O) groups is 1. The Morgan fingerprint density at radius 1 is 1.25 bits per heavy atom. The Morgan fingerprint density at radius 3 is 2.44 bits per heavy atom. The molecule has 0 saturated heterocycles. The quantitative estimate of drug-likeness (QED) is 0.627. The first-order valence-corrected chi connectivity index (χ1v) is 5.46. The lowest BCUT2D eigenvalue weighted by Crippen LogP contribution is -2.25. The second-order valence-corrected chi connectivity index (χ2v) is 4.68. The number of nitrogens with one attached hydrogen (secondary N) is 1. The predicted molar refractivity (Wildman–Crippen MR) is 65.3 cm³/mol. The van der Waals surface area contributed by atoms with Crippen LogP contribution < -0.4 is 5.32 Å². The fourth-order valence-electron chi connectivity index (χ4n) is 1.11. The van der Waals surface area contributed by atoms with Crippen molar-refractivity contribution in [3.63, 3.8) is 0 Å². The zero-order valence-electron chi connectivity index (χ0n) is 10.1. The molecule has 0 radical (unpaired) electrons. The molecule has 0 aliphatic heterocycles. The molecule has 0 spiro atoms. The van der Waals surface area contributed by atoms with Crippen LogP contribution in [0.5, 0.6) is 0 Å². The van der Waals surface area contributed by atoms with Crippen LogP contribution in [0.2, 0.25) is 0 Å². The van der Waals surface area contributed by atoms with E-state index in [0.717, 1.165) is 5.69 Å². The smallest absolute Gasteiger partial charge is 0.311 e. The van der Waals surface area contributed by atoms with Gasteiger partial charge in [-0.2, -0.15) is 0 Å². The number of hydrogen-bond donors (Lipinski definition) is 1. The van der Waals surface area contributed by atoms with E-state index < -0.39 is 5.41 Å². The van der Waals surface area contributed by atoms with Crippen LogP contribution >= 0.6 is 0 Å². The van der Waals surface area contributed by atoms with Gasteiger partial charge >= 0.3 is 5.97 Å². The molecule has 0 heterocycles. The van der Waals surface area contributed by atoms with Gasteiger partial charge in [0.15, 0.2) is 0 Å². The Bertz CT molecular complexity index is 328. The molecule has 0 aliphatic carbocycles. The molecule has 0 amide bonds. The number of para-hydroxylation sites is 1. The molecule has 1 aromatic rings. The van der Waals surface area contributed by atoms with Gasteiger partial charge in [-0.05, 0) is 32.9 Å². The molecule has 1 rings (SSSR count). The molecule has 0 fully saturated rings. The lowest BCUT2D eigenvalue weighted by atomic mass is 9.97. The van der Waals surface area contributed by atoms with Gasteiger partial charge in [0.05, 0.1) is 5.41 Å². The average Bonchev–Trinajstić information content (AvgIpc) is 2.24. The number of anilines is 1. The first-order valence-electron chi connectivity index (χ1n) is 5.46. The summed E-state index contributed by atoms with van der Waals surface area (Å²) in [4.78, 5) is 11.4. The zero-order valence-corrected chi connectivity index (χ0v) is 10.1. The highest BCUT2D eigenvalue weighted by atomic mass is 16.5. The van der Waals surface area contributed by atoms with Crippen molar-refractivity contribution in [3.8, 4) is 0 Å². The van der Waals surface area contributed by atoms with Gasteiger partial charge in [-0.15, -0.1) is 0 Å². The minimum absolute atomic E-state index is 0.164. The van der Waals surface area contributed by atoms with Crippen molar-refractivity contribution < 1.29 is 9.53 Å². The van der Waals surface area contributed by atoms with Crippen LogP contribution in [0.1, 0.15) is 20.8 Å². The highest BCUT2D eigenvalue weighted by Gasteiger charge is 2.22. The number of esters is 1. The number of benzene rings is 1. The largest absolute Gasteiger partial charge is 0.463 e. The van der Waals surface area contributed by atoms with Crippen LogP contribution in [0, 0.1) is 5.41 Å². The van der Waals surface area contributed by atoms with E-state index >= 15 is 0 Å². The average molecular weight is 221 g/mol. The Balaban J connectivity index is 2.20. The van der Waals surface area contributed by atoms with Crippen molar-refractivity contribution in [1.82, 2.24) is 0 Å². The fraction of sp³-hybridized carbons (Fsp3) is 0.462. The van der Waals surface area contributed by atoms with Crippen LogP contribution in [0.15, 0.2) is 30.3 Å². The van der Waals surface area contributed by atoms with Gasteiger partial charge < -0.3 is 10.1 Å². The summed E-state index contributed by atoms with van der Waals surface area (Å²) in [6.45, 7) is 6.57. The minimum Gasteiger partial charge on any atom is -0.463 e. The maximum atomic E-state index is 11.4. The van der Waals surface area contributed by atoms with Crippen molar-refractivity contribution >= 4 is 11.7 Å². The van der Waals surface area contributed by atoms with Crippen molar-refractivity contribution in [2.24, 2.45) is 5.41 Å². The third kappa shape index (κ3) is 4.34. The molecule has 0 bridgehead atoms. The molecule has 1 aromatic carbocycles. The summed E-state index contributed by atoms with van der Waals surface area (Å²) in [7, 11) is 0. The first-order chi connectivity index (χ1) is 7.50. The molecule has 88 valence electrons. The van der Waals surface area contributed by atoms with Crippen LogP contribution in [0.3, 0.4) is 0 Å². The SMILES string of the molecule is CC(C)(C)C(=O)OCCNc1ccccc1. The van der Waals surface area contributed by atoms with E-state index in [4.69, 9.17) is 4.74 Å². The Morgan fingerprint density at radius 2 is 1.88 bits per heavy atom. The third-order valence-corrected chi connectivity index (χ3v) is 2.05. The maximum absolute atomic E-state index is 11.4. The van der Waals surface area contributed by atoms with Gasteiger partial charge in [-0.25, -0.2) is 0 Å². The van der Waals surface area contributed by atoms with Crippen LogP contribution in [0.25, 0.3) is 0 Å². The first kappa shape index (κ1) is 12.6. The maximum Gasteiger partial charge on any atom is 0.311 e. The Labute approximate surface area is 96.8 Å². The van der Waals surface area contributed by atoms with Crippen molar-refractivity contribution in [1.29, 1.82) is 0 Å². The van der Waals surface area contributed by atoms with Gasteiger partial charge in [0, 0.05) is 12.2 Å². The van der Waals surface area contributed by atoms with Crippen molar-refractivity contribution in [3.05, 3.63) is 30.3 Å². The van der Waals surface area contributed by atoms with Gasteiger partial charge in [0.1, 0.15) is 6.61 Å². The summed E-state index contributed by atoms with van der Waals surface area (Å²) >= 11 is 0. The Kier molecular flexibility index (Phi) is 4.35. The Hall–Kier alpha value is -1.51. The summed E-state index contributed by atoms with van der Waals surface area (Å²) in [6.07, 6.45) is 0. The number of carbonyl (C=O) groups excluding carboxylic acids is 1. The van der Waals surface area contributed by atoms with Crippen LogP contribution in [-0.4, -0.2) is 19.1 Å². The van der Waals surface area contributed by atoms with E-state index in [1.807, 2.05) is 51.1 Å². The summed E-state index contributed by atoms with van der Waals surface area (Å²) < 4.78 is 5.13. The number of hydrogen-bond acceptors (Lipinski definition) is 3. The number of rotatable bonds is 4. The monoisotopic (exact) mass is 221 g/mol. The molecule has 0 aromatic heterocycles. The third-order valence-electron chi connectivity index (χ3n) is 2.05. The van der Waals surface area contributed by atoms with Crippen molar-refractivity contribution in [2.75, 3.05) is 18.5 Å². The fourth-order valence-corrected chi connectivity index (χ4v) is 1.11. The van der Waals surface area contributed by atoms with Crippen LogP contribution in [0.4, 0.5) is 5.69 Å². The number of ether oxygens (including phenoxy) is 1. The van der Waals surface area contributed by atoms with Gasteiger partial charge in [-0.3, -0.25) is 4.79 Å². The van der Waals surface area contributed by atoms with E-state index in [-0.39, 0.29) is 5.97 Å². The molecular weight excluding hydrogens is 202 g/mol. The molecule has 0 unspecified atom stereocenters. The molecule has 0 atom stereocenters. The summed E-state index contributed by atoms with van der Waals surface area (Å²) in [5.74, 6) is -0.164. The lowest BCUT2D eigenvalue weighted by Gasteiger charge is -2.16. The lowest BCUT2D eigenvalue weighted by molar-refractivity contribution is -0.152. The van der Waals surface area contributed by atoms with Gasteiger partial charge in [0.2, 0.25) is 0 Å². The molecule has 0 saturated carbocycles. The molecule has 0 aliphatic rings. The van der Waals surface area contributed by atoms with Crippen LogP contribution in [-0.2, 0) is 9.53 Å². The van der Waals surface area contributed by atoms with Crippen molar-refractivity contribution in [2.45, 2.75) is 20.8 Å². The van der Waals surface area contributed by atoms with E-state index in [1.165, 1.54) is 0 Å². The normalized spacial score (nSPS) is 10.9. The van der Waals surface area contributed by atoms with Gasteiger partial charge in [0.25, 0.3) is 0 Å². The predicted octanol–water partition coefficient (Wildman–Crippen LogP) is 2.69. The van der Waals surface area contributed by atoms with Gasteiger partial charge in [-0.1, -0.05) is 18.2 Å². The topological polar surface area (TPSA) is 38.3 Å². The summed E-state index contributed by atoms with van der Waals surface area (Å²) in [5.41, 5.74) is 0.613. The standard InChI is InChI=1S/C13H19NO2/c1-13(2,3)12(15)16-10-9-14-11-7-5-4-6-8-11/h4-8,14H,9-10H2,1-3H3. The highest BCUT2D eigenvalue weighted by molar-refractivity contribution is 5.75. The second kappa shape index (κ2) is 5.54. The summed E-state index contributed by atoms with van der Waals surface area (Å²) in [5, 5.41) is 3.17. The molecule has 3 nitrogen and oxygen atoms in total. The van der Waals surface area contributed by atoms with E-state index in [1.54, 1.807) is 0 Å². The molecule has 1 N–H and O–H groups in total. The molecule has 16 heavy (non-hydrogen) atoms. The van der Waals surface area contributed by atoms with E-state index in [2.05, 4.69) is 5.32 Å². The van der Waals surface area contributed by atoms with E-state index in [0.29, 0.717) is 13.2 Å². The zero-order chi connectivity index (χ0) is 12.0. The second-order valence-electron chi connectivity index (χ2n) is 4.68.